The molecule has 0 spiro atoms. The van der Waals surface area contributed by atoms with Crippen LogP contribution in [0.5, 0.6) is 0 Å². The van der Waals surface area contributed by atoms with Crippen LogP contribution in [0, 0.1) is 0 Å². The Labute approximate surface area is 145 Å². The van der Waals surface area contributed by atoms with Gasteiger partial charge in [0.1, 0.15) is 5.56 Å². The Morgan fingerprint density at radius 3 is 2.52 bits per heavy atom. The number of carbonyl (C=O) groups is 1. The number of pyridine rings is 1. The van der Waals surface area contributed by atoms with E-state index in [1.54, 1.807) is 0 Å². The van der Waals surface area contributed by atoms with Gasteiger partial charge in [0.15, 0.2) is 0 Å². The zero-order valence-corrected chi connectivity index (χ0v) is 14.2. The number of esters is 1. The number of para-hydroxylation sites is 1. The number of fused-ring (bicyclic) bond motifs is 3. The second-order valence-electron chi connectivity index (χ2n) is 5.91. The molecule has 0 saturated heterocycles. The van der Waals surface area contributed by atoms with E-state index in [2.05, 4.69) is 11.1 Å². The lowest BCUT2D eigenvalue weighted by molar-refractivity contribution is 0.0529. The Morgan fingerprint density at radius 2 is 1.76 bits per heavy atom. The zero-order chi connectivity index (χ0) is 17.4. The molecule has 4 nitrogen and oxygen atoms in total. The monoisotopic (exact) mass is 330 g/mol. The van der Waals surface area contributed by atoms with Gasteiger partial charge in [-0.2, -0.15) is 0 Å². The molecule has 2 aromatic heterocycles. The van der Waals surface area contributed by atoms with Crippen LogP contribution in [-0.4, -0.2) is 22.1 Å². The molecule has 25 heavy (non-hydrogen) atoms. The molecule has 0 amide bonds. The smallest absolute Gasteiger partial charge is 0.342 e. The molecule has 2 aromatic carbocycles. The molecule has 0 fully saturated rings. The number of benzene rings is 2. The van der Waals surface area contributed by atoms with E-state index in [1.165, 1.54) is 0 Å². The molecular weight excluding hydrogens is 312 g/mol. The summed E-state index contributed by atoms with van der Waals surface area (Å²) in [5.74, 6) is -0.342. The molecule has 124 valence electrons. The summed E-state index contributed by atoms with van der Waals surface area (Å²) >= 11 is 0. The lowest BCUT2D eigenvalue weighted by Crippen LogP contribution is -2.10. The molecule has 0 aliphatic rings. The van der Waals surface area contributed by atoms with Gasteiger partial charge in [-0.25, -0.2) is 4.79 Å². The van der Waals surface area contributed by atoms with Crippen molar-refractivity contribution in [3.8, 4) is 11.3 Å². The minimum Gasteiger partial charge on any atom is -0.462 e. The number of aromatic nitrogens is 2. The van der Waals surface area contributed by atoms with Crippen molar-refractivity contribution in [2.24, 2.45) is 7.05 Å². The maximum atomic E-state index is 12.8. The van der Waals surface area contributed by atoms with Crippen LogP contribution in [0.25, 0.3) is 33.1 Å². The molecular formula is C21H18N2O2. The van der Waals surface area contributed by atoms with E-state index in [0.717, 1.165) is 27.4 Å². The summed E-state index contributed by atoms with van der Waals surface area (Å²) in [4.78, 5) is 17.4. The number of ether oxygens (including phenoxy) is 1. The van der Waals surface area contributed by atoms with Crippen molar-refractivity contribution < 1.29 is 9.53 Å². The van der Waals surface area contributed by atoms with E-state index in [9.17, 15) is 4.79 Å². The second kappa shape index (κ2) is 6.06. The largest absolute Gasteiger partial charge is 0.462 e. The molecule has 2 heterocycles. The van der Waals surface area contributed by atoms with Crippen LogP contribution in [0.2, 0.25) is 0 Å². The summed E-state index contributed by atoms with van der Waals surface area (Å²) < 4.78 is 7.40. The average Bonchev–Trinajstić information content (AvgIpc) is 2.95. The fraction of sp³-hybridized carbons (Fsp3) is 0.143. The molecule has 0 aliphatic carbocycles. The number of carbonyl (C=O) groups excluding carboxylic acids is 1. The first kappa shape index (κ1) is 15.4. The summed E-state index contributed by atoms with van der Waals surface area (Å²) in [7, 11) is 1.97. The third kappa shape index (κ3) is 2.38. The number of aryl methyl sites for hydroxylation is 1. The zero-order valence-electron chi connectivity index (χ0n) is 14.2. The van der Waals surface area contributed by atoms with Crippen molar-refractivity contribution >= 4 is 27.8 Å². The maximum Gasteiger partial charge on any atom is 0.342 e. The summed E-state index contributed by atoms with van der Waals surface area (Å²) in [5, 5.41) is 2.04. The van der Waals surface area contributed by atoms with Crippen LogP contribution in [-0.2, 0) is 11.8 Å². The Morgan fingerprint density at radius 1 is 1.04 bits per heavy atom. The summed E-state index contributed by atoms with van der Waals surface area (Å²) in [5.41, 5.74) is 3.99. The van der Waals surface area contributed by atoms with Crippen LogP contribution >= 0.6 is 0 Å². The van der Waals surface area contributed by atoms with Gasteiger partial charge in [0.2, 0.25) is 0 Å². The highest BCUT2D eigenvalue weighted by atomic mass is 16.5. The van der Waals surface area contributed by atoms with Gasteiger partial charge in [-0.3, -0.25) is 4.98 Å². The van der Waals surface area contributed by atoms with Gasteiger partial charge in [-0.15, -0.1) is 0 Å². The van der Waals surface area contributed by atoms with Crippen LogP contribution in [0.3, 0.4) is 0 Å². The number of rotatable bonds is 3. The van der Waals surface area contributed by atoms with Crippen molar-refractivity contribution in [2.45, 2.75) is 6.92 Å². The average molecular weight is 330 g/mol. The van der Waals surface area contributed by atoms with Crippen molar-refractivity contribution in [1.29, 1.82) is 0 Å². The van der Waals surface area contributed by atoms with E-state index in [0.29, 0.717) is 17.9 Å². The number of hydrogen-bond donors (Lipinski definition) is 0. The van der Waals surface area contributed by atoms with Gasteiger partial charge < -0.3 is 9.30 Å². The molecule has 0 bridgehead atoms. The Kier molecular flexibility index (Phi) is 3.73. The highest BCUT2D eigenvalue weighted by molar-refractivity contribution is 6.16. The molecule has 0 unspecified atom stereocenters. The van der Waals surface area contributed by atoms with E-state index in [1.807, 2.05) is 73.3 Å². The van der Waals surface area contributed by atoms with Crippen LogP contribution in [0.15, 0.2) is 60.8 Å². The fourth-order valence-electron chi connectivity index (χ4n) is 3.37. The lowest BCUT2D eigenvalue weighted by atomic mass is 10.0. The Bertz CT molecular complexity index is 1080. The normalized spacial score (nSPS) is 11.1. The van der Waals surface area contributed by atoms with Crippen molar-refractivity contribution in [3.63, 3.8) is 0 Å². The SMILES string of the molecule is CCOC(=O)c1c(-c2ccccc2)ncc2c3ccccc3n(C)c12. The fourth-order valence-corrected chi connectivity index (χ4v) is 3.37. The lowest BCUT2D eigenvalue weighted by Gasteiger charge is -2.11. The first-order chi connectivity index (χ1) is 12.2. The number of nitrogens with zero attached hydrogens (tertiary/aromatic N) is 2. The Balaban J connectivity index is 2.13. The standard InChI is InChI=1S/C21H18N2O2/c1-3-25-21(24)18-19(14-9-5-4-6-10-14)22-13-16-15-11-7-8-12-17(15)23(2)20(16)18/h4-13H,3H2,1-2H3. The Hall–Kier alpha value is -3.14. The molecule has 0 N–H and O–H groups in total. The van der Waals surface area contributed by atoms with Gasteiger partial charge in [-0.05, 0) is 13.0 Å². The van der Waals surface area contributed by atoms with Gasteiger partial charge in [0.05, 0.1) is 17.8 Å². The molecule has 4 rings (SSSR count). The van der Waals surface area contributed by atoms with E-state index in [-0.39, 0.29) is 5.97 Å². The van der Waals surface area contributed by atoms with E-state index in [4.69, 9.17) is 4.74 Å². The second-order valence-corrected chi connectivity index (χ2v) is 5.91. The minimum absolute atomic E-state index is 0.327. The third-order valence-corrected chi connectivity index (χ3v) is 4.47. The molecule has 0 atom stereocenters. The van der Waals surface area contributed by atoms with Crippen LogP contribution < -0.4 is 0 Å². The minimum atomic E-state index is -0.342. The van der Waals surface area contributed by atoms with Crippen molar-refractivity contribution in [3.05, 3.63) is 66.4 Å². The molecule has 4 aromatic rings. The quantitative estimate of drug-likeness (QED) is 0.517. The first-order valence-corrected chi connectivity index (χ1v) is 8.31. The first-order valence-electron chi connectivity index (χ1n) is 8.31. The highest BCUT2D eigenvalue weighted by Crippen LogP contribution is 2.34. The molecule has 0 aliphatic heterocycles. The predicted molar refractivity (Wildman–Crippen MR) is 99.6 cm³/mol. The summed E-state index contributed by atoms with van der Waals surface area (Å²) in [6.07, 6.45) is 1.85. The molecule has 0 radical (unpaired) electrons. The van der Waals surface area contributed by atoms with Gasteiger partial charge in [-0.1, -0.05) is 48.5 Å². The summed E-state index contributed by atoms with van der Waals surface area (Å²) in [6, 6.07) is 17.8. The van der Waals surface area contributed by atoms with E-state index >= 15 is 0 Å². The number of hydrogen-bond acceptors (Lipinski definition) is 3. The molecule has 0 saturated carbocycles. The van der Waals surface area contributed by atoms with Crippen molar-refractivity contribution in [1.82, 2.24) is 9.55 Å². The molecule has 4 heteroatoms. The highest BCUT2D eigenvalue weighted by Gasteiger charge is 2.23. The third-order valence-electron chi connectivity index (χ3n) is 4.47. The topological polar surface area (TPSA) is 44.1 Å². The predicted octanol–water partition coefficient (Wildman–Crippen LogP) is 4.57. The van der Waals surface area contributed by atoms with Gasteiger partial charge >= 0.3 is 5.97 Å². The summed E-state index contributed by atoms with van der Waals surface area (Å²) in [6.45, 7) is 2.14. The van der Waals surface area contributed by atoms with Gasteiger partial charge in [0.25, 0.3) is 0 Å². The van der Waals surface area contributed by atoms with E-state index < -0.39 is 0 Å². The van der Waals surface area contributed by atoms with Crippen LogP contribution in [0.4, 0.5) is 0 Å². The van der Waals surface area contributed by atoms with Crippen molar-refractivity contribution in [2.75, 3.05) is 6.61 Å². The maximum absolute atomic E-state index is 12.8. The van der Waals surface area contributed by atoms with Crippen LogP contribution in [0.1, 0.15) is 17.3 Å². The van der Waals surface area contributed by atoms with Gasteiger partial charge in [0, 0.05) is 35.1 Å².